The highest BCUT2D eigenvalue weighted by atomic mass is 16.6. The van der Waals surface area contributed by atoms with Crippen LogP contribution in [-0.4, -0.2) is 33.6 Å². The predicted octanol–water partition coefficient (Wildman–Crippen LogP) is 10.0. The number of hydrogen-bond acceptors (Lipinski definition) is 3. The Hall–Kier alpha value is -1.60. The highest BCUT2D eigenvalue weighted by molar-refractivity contribution is 5.45. The van der Waals surface area contributed by atoms with Crippen molar-refractivity contribution in [1.29, 1.82) is 0 Å². The molecule has 3 rings (SSSR count). The van der Waals surface area contributed by atoms with E-state index in [1.807, 2.05) is 0 Å². The summed E-state index contributed by atoms with van der Waals surface area (Å²) in [6.45, 7) is 22.4. The van der Waals surface area contributed by atoms with Gasteiger partial charge in [0.2, 0.25) is 0 Å². The van der Waals surface area contributed by atoms with Gasteiger partial charge in [-0.25, -0.2) is 0 Å². The number of ether oxygens (including phenoxy) is 1. The van der Waals surface area contributed by atoms with E-state index in [9.17, 15) is 10.2 Å². The van der Waals surface area contributed by atoms with E-state index in [0.717, 1.165) is 55.9 Å². The summed E-state index contributed by atoms with van der Waals surface area (Å²) in [4.78, 5) is 0. The van der Waals surface area contributed by atoms with Crippen molar-refractivity contribution >= 4 is 0 Å². The molecule has 2 unspecified atom stereocenters. The fourth-order valence-electron chi connectivity index (χ4n) is 8.39. The quantitative estimate of drug-likeness (QED) is 0.0968. The lowest BCUT2D eigenvalue weighted by Gasteiger charge is -2.41. The molecule has 0 aromatic rings. The van der Waals surface area contributed by atoms with Gasteiger partial charge in [0.05, 0.1) is 17.8 Å². The van der Waals surface area contributed by atoms with E-state index in [0.29, 0.717) is 0 Å². The number of rotatable bonds is 13. The summed E-state index contributed by atoms with van der Waals surface area (Å²) in [5.74, 6) is 8.26. The third kappa shape index (κ3) is 9.45. The van der Waals surface area contributed by atoms with Crippen LogP contribution in [0.15, 0.2) is 46.6 Å². The standard InChI is InChI=1S/C40H64O3/c1-29(17-13-19-31(3)21-22-36-33(5)25-34(41)26-37(36,6)7)15-11-12-16-30(2)18-14-20-32(4)23-24-40-38(8,9)27-35(42)28-39(40,10)43-40/h13,15,17,19,30,32,34-35,41-42H,11-12,14,16,18,20,23-28H2,1-10H3/b17-13+,29-15-,31-19+/t30?,32?,34-,35+,39-,40+/m1/s1. The molecule has 0 amide bonds. The molecule has 3 aliphatic rings. The second kappa shape index (κ2) is 14.7. The number of fused-ring (bicyclic) bond motifs is 1. The van der Waals surface area contributed by atoms with Crippen LogP contribution in [-0.2, 0) is 4.74 Å². The monoisotopic (exact) mass is 592 g/mol. The average Bonchev–Trinajstić information content (AvgIpc) is 3.49. The SMILES string of the molecule is CC1=C(C#C/C(C)=C/C=C/C(C)=C\CCCC(C)CCCC(C)CC[C@@]23O[C@]2(C)C[C@@H](O)CC3(C)C)C(C)(C)C[C@H](O)C1. The van der Waals surface area contributed by atoms with Gasteiger partial charge < -0.3 is 14.9 Å². The second-order valence-corrected chi connectivity index (χ2v) is 16.2. The molecule has 0 spiro atoms. The number of aliphatic hydroxyl groups excluding tert-OH is 2. The Morgan fingerprint density at radius 1 is 0.930 bits per heavy atom. The Bertz CT molecular complexity index is 1140. The molecule has 0 aromatic heterocycles. The first kappa shape index (κ1) is 35.9. The normalized spacial score (nSPS) is 31.8. The molecule has 3 heteroatoms. The summed E-state index contributed by atoms with van der Waals surface area (Å²) in [6.07, 6.45) is 21.5. The van der Waals surface area contributed by atoms with Crippen LogP contribution < -0.4 is 0 Å². The Kier molecular flexibility index (Phi) is 12.2. The maximum Gasteiger partial charge on any atom is 0.103 e. The van der Waals surface area contributed by atoms with Crippen molar-refractivity contribution in [2.45, 2.75) is 170 Å². The Labute approximate surface area is 265 Å². The molecular weight excluding hydrogens is 528 g/mol. The number of hydrogen-bond donors (Lipinski definition) is 2. The van der Waals surface area contributed by atoms with Gasteiger partial charge in [-0.1, -0.05) is 115 Å². The molecule has 1 aliphatic heterocycles. The van der Waals surface area contributed by atoms with Crippen molar-refractivity contribution in [1.82, 2.24) is 0 Å². The minimum Gasteiger partial charge on any atom is -0.393 e. The summed E-state index contributed by atoms with van der Waals surface area (Å²) in [5.41, 5.74) is 4.63. The molecule has 6 atom stereocenters. The molecule has 1 saturated heterocycles. The van der Waals surface area contributed by atoms with Gasteiger partial charge >= 0.3 is 0 Å². The van der Waals surface area contributed by atoms with E-state index in [-0.39, 0.29) is 34.2 Å². The van der Waals surface area contributed by atoms with E-state index in [1.54, 1.807) is 0 Å². The van der Waals surface area contributed by atoms with Gasteiger partial charge in [0.1, 0.15) is 5.60 Å². The van der Waals surface area contributed by atoms with Crippen LogP contribution in [0.25, 0.3) is 0 Å². The summed E-state index contributed by atoms with van der Waals surface area (Å²) >= 11 is 0. The maximum absolute atomic E-state index is 10.3. The smallest absolute Gasteiger partial charge is 0.103 e. The lowest BCUT2D eigenvalue weighted by molar-refractivity contribution is 0.0291. The first-order valence-electron chi connectivity index (χ1n) is 17.3. The molecule has 0 aromatic carbocycles. The number of allylic oxidation sites excluding steroid dienone is 7. The van der Waals surface area contributed by atoms with Gasteiger partial charge in [0, 0.05) is 17.4 Å². The van der Waals surface area contributed by atoms with Gasteiger partial charge in [-0.15, -0.1) is 0 Å². The molecule has 1 saturated carbocycles. The lowest BCUT2D eigenvalue weighted by Crippen LogP contribution is -2.47. The summed E-state index contributed by atoms with van der Waals surface area (Å²) < 4.78 is 6.39. The second-order valence-electron chi connectivity index (χ2n) is 16.2. The van der Waals surface area contributed by atoms with E-state index in [2.05, 4.69) is 105 Å². The Morgan fingerprint density at radius 2 is 1.58 bits per heavy atom. The molecule has 2 N–H and O–H groups in total. The molecule has 43 heavy (non-hydrogen) atoms. The van der Waals surface area contributed by atoms with Gasteiger partial charge in [0.25, 0.3) is 0 Å². The number of unbranched alkanes of at least 4 members (excludes halogenated alkanes) is 1. The summed E-state index contributed by atoms with van der Waals surface area (Å²) in [7, 11) is 0. The van der Waals surface area contributed by atoms with Crippen molar-refractivity contribution in [3.05, 3.63) is 46.6 Å². The minimum absolute atomic E-state index is 0.0277. The van der Waals surface area contributed by atoms with Crippen molar-refractivity contribution in [2.75, 3.05) is 0 Å². The molecule has 0 bridgehead atoms. The third-order valence-electron chi connectivity index (χ3n) is 10.9. The van der Waals surface area contributed by atoms with Crippen LogP contribution in [0.2, 0.25) is 0 Å². The Morgan fingerprint density at radius 3 is 2.23 bits per heavy atom. The van der Waals surface area contributed by atoms with Gasteiger partial charge in [0.15, 0.2) is 0 Å². The molecular formula is C40H64O3. The van der Waals surface area contributed by atoms with E-state index >= 15 is 0 Å². The van der Waals surface area contributed by atoms with Crippen LogP contribution >= 0.6 is 0 Å². The first-order chi connectivity index (χ1) is 20.0. The number of aliphatic hydroxyl groups is 2. The molecule has 2 aliphatic carbocycles. The zero-order valence-corrected chi connectivity index (χ0v) is 29.4. The van der Waals surface area contributed by atoms with Crippen LogP contribution in [0.3, 0.4) is 0 Å². The van der Waals surface area contributed by atoms with Crippen LogP contribution in [0, 0.1) is 34.5 Å². The largest absolute Gasteiger partial charge is 0.393 e. The summed E-state index contributed by atoms with van der Waals surface area (Å²) in [6, 6.07) is 0. The molecule has 1 heterocycles. The van der Waals surface area contributed by atoms with E-state index < -0.39 is 0 Å². The van der Waals surface area contributed by atoms with Crippen molar-refractivity contribution in [2.24, 2.45) is 22.7 Å². The zero-order chi connectivity index (χ0) is 32.1. The highest BCUT2D eigenvalue weighted by Crippen LogP contribution is 2.67. The summed E-state index contributed by atoms with van der Waals surface area (Å²) in [5, 5.41) is 20.4. The highest BCUT2D eigenvalue weighted by Gasteiger charge is 2.75. The van der Waals surface area contributed by atoms with Crippen molar-refractivity contribution in [3.63, 3.8) is 0 Å². The van der Waals surface area contributed by atoms with Crippen molar-refractivity contribution in [3.8, 4) is 11.8 Å². The fraction of sp³-hybridized carbons (Fsp3) is 0.750. The zero-order valence-electron chi connectivity index (χ0n) is 29.4. The lowest BCUT2D eigenvalue weighted by atomic mass is 9.61. The van der Waals surface area contributed by atoms with Gasteiger partial charge in [-0.05, 0) is 95.5 Å². The maximum atomic E-state index is 10.3. The molecule has 0 radical (unpaired) electrons. The first-order valence-corrected chi connectivity index (χ1v) is 17.3. The van der Waals surface area contributed by atoms with Crippen molar-refractivity contribution < 1.29 is 14.9 Å². The molecule has 3 nitrogen and oxygen atoms in total. The molecule has 2 fully saturated rings. The van der Waals surface area contributed by atoms with E-state index in [1.165, 1.54) is 55.2 Å². The van der Waals surface area contributed by atoms with E-state index in [4.69, 9.17) is 4.74 Å². The molecule has 242 valence electrons. The van der Waals surface area contributed by atoms with Gasteiger partial charge in [-0.2, -0.15) is 0 Å². The Balaban J connectivity index is 1.31. The minimum atomic E-state index is -0.246. The van der Waals surface area contributed by atoms with Crippen LogP contribution in [0.4, 0.5) is 0 Å². The van der Waals surface area contributed by atoms with Crippen LogP contribution in [0.5, 0.6) is 0 Å². The average molecular weight is 593 g/mol. The third-order valence-corrected chi connectivity index (χ3v) is 10.9. The predicted molar refractivity (Wildman–Crippen MR) is 183 cm³/mol. The fourth-order valence-corrected chi connectivity index (χ4v) is 8.39. The van der Waals surface area contributed by atoms with Crippen LogP contribution in [0.1, 0.15) is 146 Å². The number of epoxide rings is 1. The topological polar surface area (TPSA) is 53.0 Å². The van der Waals surface area contributed by atoms with Gasteiger partial charge in [-0.3, -0.25) is 0 Å².